The van der Waals surface area contributed by atoms with Gasteiger partial charge in [0.15, 0.2) is 6.04 Å². The van der Waals surface area contributed by atoms with Gasteiger partial charge in [0.1, 0.15) is 5.75 Å². The zero-order chi connectivity index (χ0) is 15.8. The van der Waals surface area contributed by atoms with Crippen molar-refractivity contribution in [1.29, 1.82) is 0 Å². The first-order valence-corrected chi connectivity index (χ1v) is 6.44. The molecule has 1 aromatic carbocycles. The van der Waals surface area contributed by atoms with E-state index in [1.165, 1.54) is 31.4 Å². The van der Waals surface area contributed by atoms with Crippen LogP contribution in [-0.2, 0) is 4.79 Å². The molecule has 21 heavy (non-hydrogen) atoms. The second kappa shape index (κ2) is 5.22. The van der Waals surface area contributed by atoms with Gasteiger partial charge in [0, 0.05) is 12.0 Å². The van der Waals surface area contributed by atoms with Crippen molar-refractivity contribution in [3.63, 3.8) is 0 Å². The Kier molecular flexibility index (Phi) is 3.88. The van der Waals surface area contributed by atoms with Crippen molar-refractivity contribution in [3.05, 3.63) is 29.8 Å². The number of nitrogens with zero attached hydrogens (tertiary/aromatic N) is 1. The fourth-order valence-corrected chi connectivity index (χ4v) is 2.49. The molecule has 0 aromatic heterocycles. The van der Waals surface area contributed by atoms with Crippen molar-refractivity contribution in [1.82, 2.24) is 10.4 Å². The Hall–Kier alpha value is -1.76. The van der Waals surface area contributed by atoms with Crippen LogP contribution in [0.2, 0.25) is 0 Å². The van der Waals surface area contributed by atoms with Gasteiger partial charge in [-0.05, 0) is 31.5 Å². The van der Waals surface area contributed by atoms with E-state index in [0.717, 1.165) is 5.01 Å². The molecule has 1 fully saturated rings. The maximum absolute atomic E-state index is 13.5. The summed E-state index contributed by atoms with van der Waals surface area (Å²) in [5.41, 5.74) is 1.46. The van der Waals surface area contributed by atoms with E-state index in [1.807, 2.05) is 0 Å². The number of ether oxygens (including phenoxy) is 1. The van der Waals surface area contributed by atoms with Crippen LogP contribution in [0.15, 0.2) is 24.3 Å². The van der Waals surface area contributed by atoms with Gasteiger partial charge in [0.25, 0.3) is 0 Å². The molecule has 1 N–H and O–H groups in total. The second-order valence-electron chi connectivity index (χ2n) is 5.61. The Morgan fingerprint density at radius 2 is 1.86 bits per heavy atom. The molecule has 0 aliphatic carbocycles. The molecule has 116 valence electrons. The molecule has 2 rings (SSSR count). The van der Waals surface area contributed by atoms with Crippen molar-refractivity contribution < 1.29 is 22.7 Å². The zero-order valence-electron chi connectivity index (χ0n) is 12.0. The number of alkyl halides is 3. The fourth-order valence-electron chi connectivity index (χ4n) is 2.49. The molecule has 0 spiro atoms. The van der Waals surface area contributed by atoms with E-state index in [9.17, 15) is 18.0 Å². The van der Waals surface area contributed by atoms with Crippen molar-refractivity contribution in [3.8, 4) is 5.75 Å². The molecule has 1 aliphatic rings. The number of benzene rings is 1. The lowest BCUT2D eigenvalue weighted by Gasteiger charge is -2.37. The highest BCUT2D eigenvalue weighted by molar-refractivity contribution is 5.79. The average molecular weight is 302 g/mol. The lowest BCUT2D eigenvalue weighted by Crippen LogP contribution is -2.51. The Morgan fingerprint density at radius 3 is 2.24 bits per heavy atom. The summed E-state index contributed by atoms with van der Waals surface area (Å²) in [4.78, 5) is 11.5. The fraction of sp³-hybridized carbons (Fsp3) is 0.500. The van der Waals surface area contributed by atoms with Crippen LogP contribution >= 0.6 is 0 Å². The van der Waals surface area contributed by atoms with E-state index in [1.54, 1.807) is 13.8 Å². The minimum absolute atomic E-state index is 0.0235. The predicted octanol–water partition coefficient (Wildman–Crippen LogP) is 2.81. The summed E-state index contributed by atoms with van der Waals surface area (Å²) >= 11 is 0. The molecule has 1 atom stereocenters. The first-order valence-electron chi connectivity index (χ1n) is 6.44. The largest absolute Gasteiger partial charge is 0.497 e. The Morgan fingerprint density at radius 1 is 1.29 bits per heavy atom. The van der Waals surface area contributed by atoms with E-state index in [-0.39, 0.29) is 12.0 Å². The summed E-state index contributed by atoms with van der Waals surface area (Å²) in [7, 11) is 1.44. The predicted molar refractivity (Wildman–Crippen MR) is 70.5 cm³/mol. The number of carbonyl (C=O) groups excluding carboxylic acids is 1. The lowest BCUT2D eigenvalue weighted by atomic mass is 9.97. The van der Waals surface area contributed by atoms with E-state index >= 15 is 0 Å². The topological polar surface area (TPSA) is 41.6 Å². The first kappa shape index (κ1) is 15.6. The summed E-state index contributed by atoms with van der Waals surface area (Å²) in [6.45, 7) is 3.21. The van der Waals surface area contributed by atoms with Gasteiger partial charge in [-0.2, -0.15) is 18.2 Å². The van der Waals surface area contributed by atoms with Crippen LogP contribution < -0.4 is 10.2 Å². The molecule has 0 radical (unpaired) electrons. The molecule has 7 heteroatoms. The number of rotatable bonds is 3. The number of carbonyl (C=O) groups is 1. The van der Waals surface area contributed by atoms with Gasteiger partial charge < -0.3 is 4.74 Å². The molecule has 1 aromatic rings. The highest BCUT2D eigenvalue weighted by Gasteiger charge is 2.52. The van der Waals surface area contributed by atoms with Gasteiger partial charge in [-0.3, -0.25) is 10.2 Å². The average Bonchev–Trinajstić information content (AvgIpc) is 2.62. The lowest BCUT2D eigenvalue weighted by molar-refractivity contribution is -0.203. The van der Waals surface area contributed by atoms with Gasteiger partial charge in [0.05, 0.1) is 7.11 Å². The molecule has 0 bridgehead atoms. The van der Waals surface area contributed by atoms with Gasteiger partial charge in [-0.15, -0.1) is 0 Å². The molecule has 0 saturated carbocycles. The van der Waals surface area contributed by atoms with Crippen LogP contribution in [0.3, 0.4) is 0 Å². The third-order valence-electron chi connectivity index (χ3n) is 3.49. The van der Waals surface area contributed by atoms with Crippen molar-refractivity contribution >= 4 is 5.91 Å². The summed E-state index contributed by atoms with van der Waals surface area (Å²) in [6.07, 6.45) is -4.49. The van der Waals surface area contributed by atoms with E-state index in [2.05, 4.69) is 5.43 Å². The quantitative estimate of drug-likeness (QED) is 0.933. The highest BCUT2D eigenvalue weighted by atomic mass is 19.4. The van der Waals surface area contributed by atoms with Crippen LogP contribution in [-0.4, -0.2) is 29.7 Å². The first-order chi connectivity index (χ1) is 9.65. The van der Waals surface area contributed by atoms with Gasteiger partial charge in [-0.1, -0.05) is 12.1 Å². The number of nitrogens with one attached hydrogen (secondary N) is 1. The summed E-state index contributed by atoms with van der Waals surface area (Å²) in [5.74, 6) is 0.0622. The molecule has 1 heterocycles. The molecule has 4 nitrogen and oxygen atoms in total. The Bertz CT molecular complexity index is 526. The molecule has 1 aliphatic heterocycles. The van der Waals surface area contributed by atoms with Crippen LogP contribution in [0.5, 0.6) is 5.75 Å². The Balaban J connectivity index is 2.41. The minimum Gasteiger partial charge on any atom is -0.497 e. The summed E-state index contributed by atoms with van der Waals surface area (Å²) in [5, 5.41) is 0.983. The summed E-state index contributed by atoms with van der Waals surface area (Å²) in [6, 6.07) is 3.76. The third-order valence-corrected chi connectivity index (χ3v) is 3.49. The number of amides is 1. The highest BCUT2D eigenvalue weighted by Crippen LogP contribution is 2.42. The second-order valence-corrected chi connectivity index (χ2v) is 5.61. The Labute approximate surface area is 120 Å². The minimum atomic E-state index is -4.51. The SMILES string of the molecule is COc1ccc([C@H](N2NC(=O)CC2(C)C)C(F)(F)F)cc1. The zero-order valence-corrected chi connectivity index (χ0v) is 12.0. The van der Waals surface area contributed by atoms with Crippen molar-refractivity contribution in [2.75, 3.05) is 7.11 Å². The summed E-state index contributed by atoms with van der Waals surface area (Å²) < 4.78 is 45.4. The van der Waals surface area contributed by atoms with Gasteiger partial charge >= 0.3 is 6.18 Å². The molecular weight excluding hydrogens is 285 g/mol. The molecule has 1 amide bonds. The standard InChI is InChI=1S/C14H17F3N2O2/c1-13(2)8-11(20)18-19(13)12(14(15,16)17)9-4-6-10(21-3)7-5-9/h4-7,12H,8H2,1-3H3,(H,18,20)/t12-/m0/s1. The molecule has 0 unspecified atom stereocenters. The number of hydrazine groups is 1. The monoisotopic (exact) mass is 302 g/mol. The smallest absolute Gasteiger partial charge is 0.409 e. The maximum Gasteiger partial charge on any atom is 0.409 e. The van der Waals surface area contributed by atoms with Crippen LogP contribution in [0.4, 0.5) is 13.2 Å². The van der Waals surface area contributed by atoms with Crippen LogP contribution in [0.1, 0.15) is 31.9 Å². The molecular formula is C14H17F3N2O2. The van der Waals surface area contributed by atoms with E-state index in [0.29, 0.717) is 5.75 Å². The number of hydrogen-bond acceptors (Lipinski definition) is 3. The van der Waals surface area contributed by atoms with Gasteiger partial charge in [0.2, 0.25) is 5.91 Å². The van der Waals surface area contributed by atoms with Crippen LogP contribution in [0, 0.1) is 0 Å². The number of hydrogen-bond donors (Lipinski definition) is 1. The van der Waals surface area contributed by atoms with E-state index < -0.39 is 23.7 Å². The van der Waals surface area contributed by atoms with Crippen molar-refractivity contribution in [2.45, 2.75) is 38.0 Å². The number of halogens is 3. The van der Waals surface area contributed by atoms with Crippen LogP contribution in [0.25, 0.3) is 0 Å². The van der Waals surface area contributed by atoms with Gasteiger partial charge in [-0.25, -0.2) is 0 Å². The third kappa shape index (κ3) is 3.12. The molecule has 1 saturated heterocycles. The maximum atomic E-state index is 13.5. The normalized spacial score (nSPS) is 20.2. The van der Waals surface area contributed by atoms with Crippen molar-refractivity contribution in [2.24, 2.45) is 0 Å². The van der Waals surface area contributed by atoms with E-state index in [4.69, 9.17) is 4.74 Å². The number of methoxy groups -OCH3 is 1.